The largest absolute Gasteiger partial charge is 0.386 e. The summed E-state index contributed by atoms with van der Waals surface area (Å²) in [6.07, 6.45) is 1.32. The van der Waals surface area contributed by atoms with Crippen molar-refractivity contribution >= 4 is 11.6 Å². The Morgan fingerprint density at radius 2 is 2.33 bits per heavy atom. The summed E-state index contributed by atoms with van der Waals surface area (Å²) in [7, 11) is 0. The number of ether oxygens (including phenoxy) is 1. The molecule has 98 valence electrons. The predicted octanol–water partition coefficient (Wildman–Crippen LogP) is 2.37. The van der Waals surface area contributed by atoms with E-state index < -0.39 is 6.10 Å². The van der Waals surface area contributed by atoms with Gasteiger partial charge in [-0.3, -0.25) is 0 Å². The van der Waals surface area contributed by atoms with Crippen LogP contribution in [0.3, 0.4) is 0 Å². The van der Waals surface area contributed by atoms with E-state index >= 15 is 0 Å². The molecule has 2 N–H and O–H groups in total. The van der Waals surface area contributed by atoms with Gasteiger partial charge in [0.15, 0.2) is 0 Å². The molecule has 2 heterocycles. The smallest absolute Gasteiger partial charge is 0.103 e. The Kier molecular flexibility index (Phi) is 3.10. The van der Waals surface area contributed by atoms with Crippen molar-refractivity contribution in [3.63, 3.8) is 0 Å². The van der Waals surface area contributed by atoms with Crippen LogP contribution in [0.5, 0.6) is 0 Å². The van der Waals surface area contributed by atoms with E-state index in [1.807, 2.05) is 18.2 Å². The van der Waals surface area contributed by atoms with Gasteiger partial charge in [0.25, 0.3) is 0 Å². The highest BCUT2D eigenvalue weighted by Crippen LogP contribution is 2.44. The molecule has 1 aromatic rings. The first-order chi connectivity index (χ1) is 8.61. The Labute approximate surface area is 112 Å². The minimum Gasteiger partial charge on any atom is -0.386 e. The molecule has 2 aliphatic rings. The lowest BCUT2D eigenvalue weighted by Gasteiger charge is -2.45. The maximum Gasteiger partial charge on any atom is 0.103 e. The van der Waals surface area contributed by atoms with E-state index in [0.29, 0.717) is 17.7 Å². The second kappa shape index (κ2) is 4.49. The minimum absolute atomic E-state index is 0.274. The third-order valence-corrected chi connectivity index (χ3v) is 4.28. The molecule has 3 nitrogen and oxygen atoms in total. The van der Waals surface area contributed by atoms with E-state index in [4.69, 9.17) is 16.3 Å². The first-order valence-corrected chi connectivity index (χ1v) is 6.84. The molecule has 0 aliphatic carbocycles. The molecule has 1 aromatic carbocycles. The second-order valence-electron chi connectivity index (χ2n) is 5.36. The van der Waals surface area contributed by atoms with Gasteiger partial charge < -0.3 is 15.2 Å². The Hall–Kier alpha value is -0.610. The highest BCUT2D eigenvalue weighted by Gasteiger charge is 2.43. The molecule has 18 heavy (non-hydrogen) atoms. The van der Waals surface area contributed by atoms with Crippen LogP contribution in [0.2, 0.25) is 5.02 Å². The minimum atomic E-state index is -0.534. The van der Waals surface area contributed by atoms with Gasteiger partial charge in [-0.1, -0.05) is 17.7 Å². The maximum absolute atomic E-state index is 10.0. The van der Waals surface area contributed by atoms with Crippen LogP contribution >= 0.6 is 11.6 Å². The highest BCUT2D eigenvalue weighted by atomic mass is 35.5. The lowest BCUT2D eigenvalue weighted by atomic mass is 9.77. The summed E-state index contributed by atoms with van der Waals surface area (Å²) in [5.74, 6) is 0. The van der Waals surface area contributed by atoms with Gasteiger partial charge in [0.05, 0.1) is 12.2 Å². The van der Waals surface area contributed by atoms with Crippen LogP contribution < -0.4 is 5.32 Å². The summed E-state index contributed by atoms with van der Waals surface area (Å²) >= 11 is 6.11. The molecule has 0 bridgehead atoms. The highest BCUT2D eigenvalue weighted by molar-refractivity contribution is 6.30. The fourth-order valence-electron chi connectivity index (χ4n) is 3.18. The summed E-state index contributed by atoms with van der Waals surface area (Å²) in [6.45, 7) is 3.48. The zero-order valence-corrected chi connectivity index (χ0v) is 11.2. The Morgan fingerprint density at radius 3 is 3.11 bits per heavy atom. The molecule has 0 aromatic heterocycles. The lowest BCUT2D eigenvalue weighted by Crippen LogP contribution is -2.49. The van der Waals surface area contributed by atoms with Crippen molar-refractivity contribution in [2.24, 2.45) is 0 Å². The van der Waals surface area contributed by atoms with Crippen LogP contribution in [0.4, 0.5) is 0 Å². The van der Waals surface area contributed by atoms with Gasteiger partial charge in [0, 0.05) is 11.1 Å². The fourth-order valence-corrected chi connectivity index (χ4v) is 3.36. The van der Waals surface area contributed by atoms with Gasteiger partial charge in [-0.25, -0.2) is 0 Å². The van der Waals surface area contributed by atoms with Gasteiger partial charge in [-0.2, -0.15) is 0 Å². The van der Waals surface area contributed by atoms with Crippen molar-refractivity contribution in [3.05, 3.63) is 34.3 Å². The molecule has 1 spiro atoms. The van der Waals surface area contributed by atoms with Gasteiger partial charge in [0.2, 0.25) is 0 Å². The molecular weight excluding hydrogens is 250 g/mol. The zero-order chi connectivity index (χ0) is 12.8. The van der Waals surface area contributed by atoms with Crippen LogP contribution in [0, 0.1) is 0 Å². The third kappa shape index (κ3) is 1.95. The van der Waals surface area contributed by atoms with Gasteiger partial charge >= 0.3 is 0 Å². The monoisotopic (exact) mass is 267 g/mol. The Morgan fingerprint density at radius 1 is 1.50 bits per heavy atom. The molecule has 3 rings (SSSR count). The molecule has 3 atom stereocenters. The standard InChI is InChI=1S/C14H18ClNO2/c1-9-7-14(4-5-16-9)12-6-10(15)2-3-11(12)13(17)8-18-14/h2-3,6,9,13,16-17H,4-5,7-8H2,1H3/t9-,13+,14+/m0/s1. The van der Waals surface area contributed by atoms with E-state index in [2.05, 4.69) is 12.2 Å². The summed E-state index contributed by atoms with van der Waals surface area (Å²) in [6, 6.07) is 6.14. The van der Waals surface area contributed by atoms with Crippen LogP contribution in [0.15, 0.2) is 18.2 Å². The number of benzene rings is 1. The third-order valence-electron chi connectivity index (χ3n) is 4.04. The summed E-state index contributed by atoms with van der Waals surface area (Å²) in [4.78, 5) is 0. The van der Waals surface area contributed by atoms with Crippen LogP contribution in [0.1, 0.15) is 37.0 Å². The fraction of sp³-hybridized carbons (Fsp3) is 0.571. The van der Waals surface area contributed by atoms with E-state index in [9.17, 15) is 5.11 Å². The Balaban J connectivity index is 2.08. The topological polar surface area (TPSA) is 41.5 Å². The number of nitrogens with one attached hydrogen (secondary N) is 1. The van der Waals surface area contributed by atoms with Crippen molar-refractivity contribution in [2.75, 3.05) is 13.2 Å². The first kappa shape index (κ1) is 12.4. The normalized spacial score (nSPS) is 35.5. The lowest BCUT2D eigenvalue weighted by molar-refractivity contribution is -0.124. The quantitative estimate of drug-likeness (QED) is 0.758. The molecule has 1 fully saturated rings. The molecule has 0 saturated carbocycles. The maximum atomic E-state index is 10.0. The Bertz CT molecular complexity index is 465. The predicted molar refractivity (Wildman–Crippen MR) is 70.7 cm³/mol. The number of piperidine rings is 1. The number of hydrogen-bond donors (Lipinski definition) is 2. The van der Waals surface area contributed by atoms with Crippen molar-refractivity contribution in [1.82, 2.24) is 5.32 Å². The van der Waals surface area contributed by atoms with Gasteiger partial charge in [-0.15, -0.1) is 0 Å². The molecular formula is C14H18ClNO2. The number of halogens is 1. The zero-order valence-electron chi connectivity index (χ0n) is 10.4. The number of hydrogen-bond acceptors (Lipinski definition) is 3. The van der Waals surface area contributed by atoms with Crippen LogP contribution in [-0.4, -0.2) is 24.3 Å². The van der Waals surface area contributed by atoms with E-state index in [1.165, 1.54) is 0 Å². The van der Waals surface area contributed by atoms with E-state index in [-0.39, 0.29) is 5.60 Å². The van der Waals surface area contributed by atoms with Crippen molar-refractivity contribution < 1.29 is 9.84 Å². The second-order valence-corrected chi connectivity index (χ2v) is 5.80. The molecule has 0 amide bonds. The number of aliphatic hydroxyl groups excluding tert-OH is 1. The van der Waals surface area contributed by atoms with Gasteiger partial charge in [0.1, 0.15) is 6.10 Å². The average Bonchev–Trinajstić information content (AvgIpc) is 2.35. The average molecular weight is 268 g/mol. The van der Waals surface area contributed by atoms with Crippen LogP contribution in [0.25, 0.3) is 0 Å². The number of fused-ring (bicyclic) bond motifs is 2. The molecule has 1 saturated heterocycles. The number of rotatable bonds is 0. The van der Waals surface area contributed by atoms with Crippen molar-refractivity contribution in [3.8, 4) is 0 Å². The molecule has 2 aliphatic heterocycles. The van der Waals surface area contributed by atoms with Crippen molar-refractivity contribution in [2.45, 2.75) is 37.5 Å². The van der Waals surface area contributed by atoms with Crippen molar-refractivity contribution in [1.29, 1.82) is 0 Å². The summed E-state index contributed by atoms with van der Waals surface area (Å²) in [5, 5.41) is 14.2. The molecule has 4 heteroatoms. The van der Waals surface area contributed by atoms with Gasteiger partial charge in [-0.05, 0) is 49.6 Å². The summed E-state index contributed by atoms with van der Waals surface area (Å²) < 4.78 is 6.02. The first-order valence-electron chi connectivity index (χ1n) is 6.46. The molecule has 0 radical (unpaired) electrons. The summed E-state index contributed by atoms with van der Waals surface area (Å²) in [5.41, 5.74) is 1.77. The SMILES string of the molecule is C[C@H]1C[C@@]2(CCN1)OC[C@@H](O)c1ccc(Cl)cc12. The molecule has 0 unspecified atom stereocenters. The van der Waals surface area contributed by atoms with E-state index in [0.717, 1.165) is 30.5 Å². The van der Waals surface area contributed by atoms with Crippen LogP contribution in [-0.2, 0) is 10.3 Å². The number of aliphatic hydroxyl groups is 1. The van der Waals surface area contributed by atoms with E-state index in [1.54, 1.807) is 0 Å².